The number of ether oxygens (including phenoxy) is 2. The SMILES string of the molecule is COc1cc(C)c(-c2nc3ccccc3c(=O)n2N=Cc2cc(Cl)cc([N+](=O)[O-])c2OCc2ccc(Cl)c(Cl)c2)cc1C(C)C. The zero-order chi connectivity index (χ0) is 32.4. The Hall–Kier alpha value is -4.44. The number of methoxy groups -OCH3 is 1. The standard InChI is InChI=1S/C33H27Cl3N4O5/c1-18(2)24-15-25(19(3)11-30(24)44-4)32-38-28-8-6-5-7-23(28)33(41)39(32)37-16-21-13-22(34)14-29(40(42)43)31(21)45-17-20-9-10-26(35)27(36)12-20/h5-16,18H,17H2,1-4H3. The molecule has 45 heavy (non-hydrogen) atoms. The third kappa shape index (κ3) is 6.66. The van der Waals surface area contributed by atoms with E-state index in [2.05, 4.69) is 5.10 Å². The lowest BCUT2D eigenvalue weighted by Crippen LogP contribution is -2.21. The van der Waals surface area contributed by atoms with Crippen LogP contribution in [-0.2, 0) is 6.61 Å². The van der Waals surface area contributed by atoms with Crippen LogP contribution in [0.25, 0.3) is 22.3 Å². The van der Waals surface area contributed by atoms with Gasteiger partial charge in [-0.25, -0.2) is 4.98 Å². The van der Waals surface area contributed by atoms with Gasteiger partial charge in [-0.1, -0.05) is 66.8 Å². The molecule has 0 unspecified atom stereocenters. The van der Waals surface area contributed by atoms with E-state index in [1.807, 2.05) is 32.9 Å². The predicted molar refractivity (Wildman–Crippen MR) is 179 cm³/mol. The molecule has 0 atom stereocenters. The van der Waals surface area contributed by atoms with E-state index < -0.39 is 10.5 Å². The second-order valence-corrected chi connectivity index (χ2v) is 11.8. The van der Waals surface area contributed by atoms with Gasteiger partial charge >= 0.3 is 5.69 Å². The van der Waals surface area contributed by atoms with Gasteiger partial charge in [-0.05, 0) is 72.0 Å². The average molecular weight is 666 g/mol. The van der Waals surface area contributed by atoms with Crippen LogP contribution in [0.1, 0.15) is 42.0 Å². The summed E-state index contributed by atoms with van der Waals surface area (Å²) in [6.45, 7) is 5.92. The predicted octanol–water partition coefficient (Wildman–Crippen LogP) is 8.83. The fraction of sp³-hybridized carbons (Fsp3) is 0.182. The van der Waals surface area contributed by atoms with Gasteiger partial charge in [0.15, 0.2) is 5.82 Å². The first-order chi connectivity index (χ1) is 21.5. The van der Waals surface area contributed by atoms with Gasteiger partial charge < -0.3 is 9.47 Å². The van der Waals surface area contributed by atoms with E-state index in [-0.39, 0.29) is 40.4 Å². The van der Waals surface area contributed by atoms with Crippen molar-refractivity contribution in [1.82, 2.24) is 9.66 Å². The number of hydrogen-bond acceptors (Lipinski definition) is 7. The summed E-state index contributed by atoms with van der Waals surface area (Å²) in [4.78, 5) is 30.2. The number of hydrogen-bond donors (Lipinski definition) is 0. The van der Waals surface area contributed by atoms with Crippen LogP contribution >= 0.6 is 34.8 Å². The zero-order valence-electron chi connectivity index (χ0n) is 24.7. The number of aromatic nitrogens is 2. The molecular formula is C33H27Cl3N4O5. The molecule has 1 heterocycles. The zero-order valence-corrected chi connectivity index (χ0v) is 26.9. The molecule has 0 spiro atoms. The number of nitro groups is 1. The molecule has 0 aliphatic carbocycles. The molecule has 230 valence electrons. The Kier molecular flexibility index (Phi) is 9.43. The molecule has 12 heteroatoms. The lowest BCUT2D eigenvalue weighted by molar-refractivity contribution is -0.385. The Labute approximate surface area is 273 Å². The number of rotatable bonds is 9. The molecule has 4 aromatic carbocycles. The van der Waals surface area contributed by atoms with Gasteiger partial charge in [0.2, 0.25) is 5.75 Å². The molecule has 0 fully saturated rings. The van der Waals surface area contributed by atoms with Crippen LogP contribution in [0, 0.1) is 17.0 Å². The van der Waals surface area contributed by atoms with Crippen LogP contribution in [0.15, 0.2) is 76.6 Å². The first kappa shape index (κ1) is 32.0. The Morgan fingerprint density at radius 1 is 1.04 bits per heavy atom. The normalized spacial score (nSPS) is 11.5. The Bertz CT molecular complexity index is 2040. The van der Waals surface area contributed by atoms with Gasteiger partial charge in [0.25, 0.3) is 5.56 Å². The Balaban J connectivity index is 1.69. The fourth-order valence-electron chi connectivity index (χ4n) is 4.87. The largest absolute Gasteiger partial charge is 0.496 e. The Morgan fingerprint density at radius 2 is 1.80 bits per heavy atom. The highest BCUT2D eigenvalue weighted by Gasteiger charge is 2.22. The van der Waals surface area contributed by atoms with Crippen LogP contribution in [0.4, 0.5) is 5.69 Å². The van der Waals surface area contributed by atoms with Crippen LogP contribution in [0.5, 0.6) is 11.5 Å². The maximum Gasteiger partial charge on any atom is 0.313 e. The smallest absolute Gasteiger partial charge is 0.313 e. The van der Waals surface area contributed by atoms with E-state index >= 15 is 0 Å². The van der Waals surface area contributed by atoms with Crippen molar-refractivity contribution in [1.29, 1.82) is 0 Å². The highest BCUT2D eigenvalue weighted by molar-refractivity contribution is 6.42. The molecule has 0 aliphatic heterocycles. The van der Waals surface area contributed by atoms with Crippen LogP contribution in [0.3, 0.4) is 0 Å². The molecule has 5 aromatic rings. The van der Waals surface area contributed by atoms with E-state index in [1.165, 1.54) is 23.0 Å². The molecular weight excluding hydrogens is 639 g/mol. The number of aryl methyl sites for hydroxylation is 1. The van der Waals surface area contributed by atoms with Crippen molar-refractivity contribution in [2.75, 3.05) is 7.11 Å². The number of para-hydroxylation sites is 1. The average Bonchev–Trinajstić information content (AvgIpc) is 3.01. The topological polar surface area (TPSA) is 109 Å². The van der Waals surface area contributed by atoms with Crippen molar-refractivity contribution >= 4 is 57.6 Å². The van der Waals surface area contributed by atoms with E-state index in [0.29, 0.717) is 32.1 Å². The van der Waals surface area contributed by atoms with Gasteiger partial charge in [0.05, 0.1) is 39.2 Å². The molecule has 0 saturated carbocycles. The number of nitro benzene ring substituents is 1. The monoisotopic (exact) mass is 664 g/mol. The van der Waals surface area contributed by atoms with Crippen molar-refractivity contribution in [3.63, 3.8) is 0 Å². The molecule has 0 bridgehead atoms. The van der Waals surface area contributed by atoms with Gasteiger partial charge in [0.1, 0.15) is 12.4 Å². The van der Waals surface area contributed by atoms with Crippen molar-refractivity contribution < 1.29 is 14.4 Å². The van der Waals surface area contributed by atoms with Crippen molar-refractivity contribution in [2.24, 2.45) is 5.10 Å². The molecule has 0 N–H and O–H groups in total. The summed E-state index contributed by atoms with van der Waals surface area (Å²) in [5.74, 6) is 1.03. The van der Waals surface area contributed by atoms with Crippen molar-refractivity contribution in [3.05, 3.63) is 125 Å². The summed E-state index contributed by atoms with van der Waals surface area (Å²) < 4.78 is 12.7. The highest BCUT2D eigenvalue weighted by Crippen LogP contribution is 2.36. The summed E-state index contributed by atoms with van der Waals surface area (Å²) in [6.07, 6.45) is 1.30. The maximum atomic E-state index is 13.9. The quantitative estimate of drug-likeness (QED) is 0.0884. The van der Waals surface area contributed by atoms with Gasteiger partial charge in [-0.2, -0.15) is 9.78 Å². The summed E-state index contributed by atoms with van der Waals surface area (Å²) >= 11 is 18.5. The second kappa shape index (κ2) is 13.3. The van der Waals surface area contributed by atoms with E-state index in [0.717, 1.165) is 16.9 Å². The number of nitrogens with zero attached hydrogens (tertiary/aromatic N) is 4. The van der Waals surface area contributed by atoms with Crippen LogP contribution < -0.4 is 15.0 Å². The van der Waals surface area contributed by atoms with Crippen LogP contribution in [0.2, 0.25) is 15.1 Å². The van der Waals surface area contributed by atoms with Crippen molar-refractivity contribution in [2.45, 2.75) is 33.3 Å². The third-order valence-corrected chi connectivity index (χ3v) is 8.09. The van der Waals surface area contributed by atoms with E-state index in [9.17, 15) is 14.9 Å². The first-order valence-electron chi connectivity index (χ1n) is 13.8. The summed E-state index contributed by atoms with van der Waals surface area (Å²) in [6, 6.07) is 18.4. The van der Waals surface area contributed by atoms with E-state index in [4.69, 9.17) is 49.3 Å². The molecule has 1 aromatic heterocycles. The molecule has 5 rings (SSSR count). The minimum atomic E-state index is -0.600. The van der Waals surface area contributed by atoms with E-state index in [1.54, 1.807) is 49.6 Å². The molecule has 0 saturated heterocycles. The summed E-state index contributed by atoms with van der Waals surface area (Å²) in [5.41, 5.74) is 2.91. The Morgan fingerprint density at radius 3 is 2.49 bits per heavy atom. The summed E-state index contributed by atoms with van der Waals surface area (Å²) in [7, 11) is 1.61. The summed E-state index contributed by atoms with van der Waals surface area (Å²) in [5, 5.41) is 17.7. The van der Waals surface area contributed by atoms with Crippen molar-refractivity contribution in [3.8, 4) is 22.9 Å². The maximum absolute atomic E-state index is 13.9. The molecule has 0 amide bonds. The van der Waals surface area contributed by atoms with Gasteiger partial charge in [0, 0.05) is 22.2 Å². The molecule has 0 radical (unpaired) electrons. The van der Waals surface area contributed by atoms with Gasteiger partial charge in [-0.15, -0.1) is 0 Å². The van der Waals surface area contributed by atoms with Crippen LogP contribution in [-0.4, -0.2) is 27.9 Å². The molecule has 9 nitrogen and oxygen atoms in total. The minimum Gasteiger partial charge on any atom is -0.496 e. The first-order valence-corrected chi connectivity index (χ1v) is 14.9. The second-order valence-electron chi connectivity index (χ2n) is 10.5. The fourth-order valence-corrected chi connectivity index (χ4v) is 5.41. The lowest BCUT2D eigenvalue weighted by Gasteiger charge is -2.17. The number of benzene rings is 4. The number of halogens is 3. The highest BCUT2D eigenvalue weighted by atomic mass is 35.5. The lowest BCUT2D eigenvalue weighted by atomic mass is 9.96. The number of fused-ring (bicyclic) bond motifs is 1. The van der Waals surface area contributed by atoms with Gasteiger partial charge in [-0.3, -0.25) is 14.9 Å². The molecule has 0 aliphatic rings. The third-order valence-electron chi connectivity index (χ3n) is 7.13. The minimum absolute atomic E-state index is 0.0635.